The molecule has 66 valence electrons. The predicted octanol–water partition coefficient (Wildman–Crippen LogP) is 2.85. The Balaban J connectivity index is 2.14. The zero-order valence-corrected chi connectivity index (χ0v) is 7.81. The van der Waals surface area contributed by atoms with E-state index in [9.17, 15) is 0 Å². The van der Waals surface area contributed by atoms with Crippen molar-refractivity contribution in [3.63, 3.8) is 0 Å². The molecule has 1 saturated carbocycles. The fourth-order valence-electron chi connectivity index (χ4n) is 2.04. The number of ether oxygens (including phenoxy) is 1. The standard InChI is InChI=1S/C10H20O/c1-3-9-4-6-10(7-5-9)8-11-2/h9-10H,3-8H2,1-2H3/t9-,10+. The SMILES string of the molecule is CC[C@H]1CC[C@@H](COC)CC1. The molecule has 0 aliphatic heterocycles. The molecule has 0 heterocycles. The average molecular weight is 156 g/mol. The highest BCUT2D eigenvalue weighted by Gasteiger charge is 2.19. The van der Waals surface area contributed by atoms with Gasteiger partial charge in [0.05, 0.1) is 0 Å². The maximum absolute atomic E-state index is 5.15. The number of hydrogen-bond donors (Lipinski definition) is 0. The maximum Gasteiger partial charge on any atom is 0.0490 e. The zero-order valence-electron chi connectivity index (χ0n) is 7.81. The van der Waals surface area contributed by atoms with Crippen molar-refractivity contribution in [2.45, 2.75) is 39.0 Å². The molecule has 1 heteroatoms. The lowest BCUT2D eigenvalue weighted by molar-refractivity contribution is 0.118. The van der Waals surface area contributed by atoms with E-state index in [-0.39, 0.29) is 0 Å². The zero-order chi connectivity index (χ0) is 8.10. The molecule has 1 aliphatic carbocycles. The largest absolute Gasteiger partial charge is 0.384 e. The van der Waals surface area contributed by atoms with E-state index in [4.69, 9.17) is 4.74 Å². The second-order valence-corrected chi connectivity index (χ2v) is 3.75. The molecule has 0 amide bonds. The normalized spacial score (nSPS) is 32.2. The van der Waals surface area contributed by atoms with Gasteiger partial charge >= 0.3 is 0 Å². The van der Waals surface area contributed by atoms with Gasteiger partial charge in [0.25, 0.3) is 0 Å². The molecule has 0 atom stereocenters. The Hall–Kier alpha value is -0.0400. The van der Waals surface area contributed by atoms with Gasteiger partial charge in [0.2, 0.25) is 0 Å². The summed E-state index contributed by atoms with van der Waals surface area (Å²) >= 11 is 0. The van der Waals surface area contributed by atoms with Gasteiger partial charge in [-0.15, -0.1) is 0 Å². The monoisotopic (exact) mass is 156 g/mol. The molecule has 0 unspecified atom stereocenters. The summed E-state index contributed by atoms with van der Waals surface area (Å²) in [5.74, 6) is 1.88. The minimum absolute atomic E-state index is 0.864. The van der Waals surface area contributed by atoms with Crippen LogP contribution in [0.15, 0.2) is 0 Å². The third-order valence-electron chi connectivity index (χ3n) is 2.95. The second-order valence-electron chi connectivity index (χ2n) is 3.75. The van der Waals surface area contributed by atoms with E-state index in [0.717, 1.165) is 18.4 Å². The molecule has 1 fully saturated rings. The predicted molar refractivity (Wildman–Crippen MR) is 47.6 cm³/mol. The molecular weight excluding hydrogens is 136 g/mol. The Morgan fingerprint density at radius 2 is 1.64 bits per heavy atom. The molecular formula is C10H20O. The van der Waals surface area contributed by atoms with Crippen LogP contribution in [0.4, 0.5) is 0 Å². The first-order chi connectivity index (χ1) is 5.36. The fourth-order valence-corrected chi connectivity index (χ4v) is 2.04. The van der Waals surface area contributed by atoms with Crippen LogP contribution in [-0.2, 0) is 4.74 Å². The average Bonchev–Trinajstić information content (AvgIpc) is 2.07. The van der Waals surface area contributed by atoms with E-state index < -0.39 is 0 Å². The Morgan fingerprint density at radius 1 is 1.09 bits per heavy atom. The number of methoxy groups -OCH3 is 1. The molecule has 1 nitrogen and oxygen atoms in total. The summed E-state index contributed by atoms with van der Waals surface area (Å²) in [5.41, 5.74) is 0. The van der Waals surface area contributed by atoms with Gasteiger partial charge in [-0.2, -0.15) is 0 Å². The Labute approximate surface area is 70.1 Å². The van der Waals surface area contributed by atoms with Crippen molar-refractivity contribution in [2.75, 3.05) is 13.7 Å². The topological polar surface area (TPSA) is 9.23 Å². The molecule has 0 aromatic heterocycles. The highest BCUT2D eigenvalue weighted by atomic mass is 16.5. The molecule has 0 aromatic carbocycles. The lowest BCUT2D eigenvalue weighted by Gasteiger charge is -2.26. The minimum atomic E-state index is 0.864. The van der Waals surface area contributed by atoms with E-state index in [2.05, 4.69) is 6.92 Å². The van der Waals surface area contributed by atoms with Gasteiger partial charge in [0, 0.05) is 13.7 Å². The van der Waals surface area contributed by atoms with Gasteiger partial charge in [-0.1, -0.05) is 26.2 Å². The van der Waals surface area contributed by atoms with Crippen LogP contribution in [0.1, 0.15) is 39.0 Å². The van der Waals surface area contributed by atoms with Crippen LogP contribution in [0.3, 0.4) is 0 Å². The molecule has 0 radical (unpaired) electrons. The molecule has 0 bridgehead atoms. The van der Waals surface area contributed by atoms with E-state index in [0.29, 0.717) is 0 Å². The Morgan fingerprint density at radius 3 is 2.09 bits per heavy atom. The molecule has 0 saturated heterocycles. The van der Waals surface area contributed by atoms with Crippen molar-refractivity contribution in [3.8, 4) is 0 Å². The van der Waals surface area contributed by atoms with Crippen LogP contribution in [0, 0.1) is 11.8 Å². The lowest BCUT2D eigenvalue weighted by Crippen LogP contribution is -2.17. The van der Waals surface area contributed by atoms with Crippen LogP contribution < -0.4 is 0 Å². The van der Waals surface area contributed by atoms with E-state index in [1.165, 1.54) is 32.1 Å². The van der Waals surface area contributed by atoms with Gasteiger partial charge in [-0.05, 0) is 24.7 Å². The third-order valence-corrected chi connectivity index (χ3v) is 2.95. The first kappa shape index (κ1) is 9.05. The van der Waals surface area contributed by atoms with Crippen molar-refractivity contribution in [3.05, 3.63) is 0 Å². The minimum Gasteiger partial charge on any atom is -0.384 e. The summed E-state index contributed by atoms with van der Waals surface area (Å²) in [6.45, 7) is 3.29. The first-order valence-corrected chi connectivity index (χ1v) is 4.85. The van der Waals surface area contributed by atoms with Crippen LogP contribution in [0.25, 0.3) is 0 Å². The third kappa shape index (κ3) is 2.82. The lowest BCUT2D eigenvalue weighted by atomic mass is 9.81. The van der Waals surface area contributed by atoms with Gasteiger partial charge in [-0.3, -0.25) is 0 Å². The van der Waals surface area contributed by atoms with Crippen molar-refractivity contribution in [2.24, 2.45) is 11.8 Å². The highest BCUT2D eigenvalue weighted by molar-refractivity contribution is 4.71. The first-order valence-electron chi connectivity index (χ1n) is 4.85. The smallest absolute Gasteiger partial charge is 0.0490 e. The molecule has 0 spiro atoms. The van der Waals surface area contributed by atoms with Crippen molar-refractivity contribution >= 4 is 0 Å². The summed E-state index contributed by atoms with van der Waals surface area (Å²) in [6, 6.07) is 0. The summed E-state index contributed by atoms with van der Waals surface area (Å²) < 4.78 is 5.15. The van der Waals surface area contributed by atoms with E-state index in [1.807, 2.05) is 7.11 Å². The van der Waals surface area contributed by atoms with Crippen LogP contribution >= 0.6 is 0 Å². The summed E-state index contributed by atoms with van der Waals surface area (Å²) in [7, 11) is 1.81. The Kier molecular flexibility index (Phi) is 3.92. The summed E-state index contributed by atoms with van der Waals surface area (Å²) in [4.78, 5) is 0. The molecule has 0 N–H and O–H groups in total. The molecule has 1 rings (SSSR count). The van der Waals surface area contributed by atoms with E-state index >= 15 is 0 Å². The Bertz CT molecular complexity index is 93.0. The van der Waals surface area contributed by atoms with Crippen molar-refractivity contribution in [1.29, 1.82) is 0 Å². The van der Waals surface area contributed by atoms with Gasteiger partial charge in [0.1, 0.15) is 0 Å². The molecule has 0 aromatic rings. The van der Waals surface area contributed by atoms with Gasteiger partial charge in [-0.25, -0.2) is 0 Å². The summed E-state index contributed by atoms with van der Waals surface area (Å²) in [5, 5.41) is 0. The van der Waals surface area contributed by atoms with Crippen LogP contribution in [0.5, 0.6) is 0 Å². The van der Waals surface area contributed by atoms with Crippen LogP contribution in [0.2, 0.25) is 0 Å². The van der Waals surface area contributed by atoms with Crippen LogP contribution in [-0.4, -0.2) is 13.7 Å². The molecule has 11 heavy (non-hydrogen) atoms. The summed E-state index contributed by atoms with van der Waals surface area (Å²) in [6.07, 6.45) is 7.04. The van der Waals surface area contributed by atoms with Gasteiger partial charge in [0.15, 0.2) is 0 Å². The fraction of sp³-hybridized carbons (Fsp3) is 1.00. The molecule has 1 aliphatic rings. The maximum atomic E-state index is 5.15. The quantitative estimate of drug-likeness (QED) is 0.610. The van der Waals surface area contributed by atoms with Gasteiger partial charge < -0.3 is 4.74 Å². The second kappa shape index (κ2) is 4.76. The highest BCUT2D eigenvalue weighted by Crippen LogP contribution is 2.30. The van der Waals surface area contributed by atoms with Crippen molar-refractivity contribution in [1.82, 2.24) is 0 Å². The number of rotatable bonds is 3. The van der Waals surface area contributed by atoms with E-state index in [1.54, 1.807) is 0 Å². The number of hydrogen-bond acceptors (Lipinski definition) is 1. The van der Waals surface area contributed by atoms with Crippen molar-refractivity contribution < 1.29 is 4.74 Å².